The standard InChI is InChI=1S/K.2H2O.H4Si.H/h;2*1H2;1H4;/q+1;;;;-1. The molecule has 0 atom stereocenters. The fraction of sp³-hybridized carbons (Fsp3) is 0. The van der Waals surface area contributed by atoms with Crippen LogP contribution >= 0.6 is 0 Å². The summed E-state index contributed by atoms with van der Waals surface area (Å²) in [5.41, 5.74) is 0. The first-order valence-electron chi connectivity index (χ1n) is 0. The molecule has 0 aromatic carbocycles. The molecule has 0 fully saturated rings. The quantitative estimate of drug-likeness (QED) is 0.277. The zero-order valence-corrected chi connectivity index (χ0v) is 5.12. The number of rotatable bonds is 0. The van der Waals surface area contributed by atoms with Gasteiger partial charge in [0.15, 0.2) is 0 Å². The molecular weight excluding hydrogens is 99.2 g/mol. The first kappa shape index (κ1) is 41.8. The third kappa shape index (κ3) is 9.23. The van der Waals surface area contributed by atoms with E-state index in [4.69, 9.17) is 0 Å². The summed E-state index contributed by atoms with van der Waals surface area (Å²) in [4.78, 5) is 0. The van der Waals surface area contributed by atoms with E-state index in [2.05, 4.69) is 0 Å². The summed E-state index contributed by atoms with van der Waals surface area (Å²) in [7, 11) is 0. The van der Waals surface area contributed by atoms with Gasteiger partial charge in [0, 0.05) is 0 Å². The Hall–Kier alpha value is 1.77. The van der Waals surface area contributed by atoms with Crippen molar-refractivity contribution in [3.63, 3.8) is 0 Å². The van der Waals surface area contributed by atoms with E-state index in [-0.39, 0.29) is 74.7 Å². The molecule has 0 aliphatic carbocycles. The molecular formula is H9KO2Si. The zero-order chi connectivity index (χ0) is 0. The fourth-order valence-electron chi connectivity index (χ4n) is 0. The van der Waals surface area contributed by atoms with Gasteiger partial charge in [-0.1, -0.05) is 0 Å². The van der Waals surface area contributed by atoms with Crippen LogP contribution in [0.25, 0.3) is 0 Å². The molecule has 0 aliphatic heterocycles. The third-order valence-corrected chi connectivity index (χ3v) is 0. The van der Waals surface area contributed by atoms with Crippen LogP contribution in [0.1, 0.15) is 1.43 Å². The molecule has 4 N–H and O–H groups in total. The van der Waals surface area contributed by atoms with Gasteiger partial charge in [-0.3, -0.25) is 0 Å². The van der Waals surface area contributed by atoms with Crippen LogP contribution < -0.4 is 51.4 Å². The van der Waals surface area contributed by atoms with Crippen molar-refractivity contribution >= 4 is 11.0 Å². The molecule has 0 bridgehead atoms. The van der Waals surface area contributed by atoms with Gasteiger partial charge in [-0.25, -0.2) is 0 Å². The van der Waals surface area contributed by atoms with E-state index >= 15 is 0 Å². The van der Waals surface area contributed by atoms with Crippen molar-refractivity contribution in [2.75, 3.05) is 0 Å². The third-order valence-electron chi connectivity index (χ3n) is 0. The van der Waals surface area contributed by atoms with Gasteiger partial charge in [-0.2, -0.15) is 0 Å². The minimum Gasteiger partial charge on any atom is -1.00 e. The molecule has 0 aliphatic rings. The van der Waals surface area contributed by atoms with Gasteiger partial charge in [0.2, 0.25) is 0 Å². The SMILES string of the molecule is O.O.[H-].[K+].[SiH4]. The minimum absolute atomic E-state index is 0. The second kappa shape index (κ2) is 21.6. The first-order valence-corrected chi connectivity index (χ1v) is 0. The molecule has 0 saturated heterocycles. The van der Waals surface area contributed by atoms with Gasteiger partial charge < -0.3 is 12.4 Å². The molecule has 0 saturated carbocycles. The maximum absolute atomic E-state index is 0. The maximum atomic E-state index is 0. The van der Waals surface area contributed by atoms with Crippen molar-refractivity contribution in [1.29, 1.82) is 0 Å². The fourth-order valence-corrected chi connectivity index (χ4v) is 0. The van der Waals surface area contributed by atoms with Crippen LogP contribution in [0.5, 0.6) is 0 Å². The molecule has 4 heavy (non-hydrogen) atoms. The molecule has 0 aromatic rings. The Balaban J connectivity index is 0. The summed E-state index contributed by atoms with van der Waals surface area (Å²) in [6.45, 7) is 0. The van der Waals surface area contributed by atoms with Crippen LogP contribution in [0, 0.1) is 0 Å². The molecule has 0 radical (unpaired) electrons. The second-order valence-electron chi connectivity index (χ2n) is 0. The van der Waals surface area contributed by atoms with Crippen molar-refractivity contribution in [1.82, 2.24) is 0 Å². The molecule has 0 rings (SSSR count). The average Bonchev–Trinajstić information content (AvgIpc) is 0. The van der Waals surface area contributed by atoms with Crippen molar-refractivity contribution in [2.24, 2.45) is 0 Å². The molecule has 0 unspecified atom stereocenters. The monoisotopic (exact) mass is 108 g/mol. The normalized spacial score (nSPS) is 0. The van der Waals surface area contributed by atoms with Crippen LogP contribution in [0.2, 0.25) is 0 Å². The summed E-state index contributed by atoms with van der Waals surface area (Å²) >= 11 is 0. The van der Waals surface area contributed by atoms with Gasteiger partial charge >= 0.3 is 51.4 Å². The van der Waals surface area contributed by atoms with Crippen molar-refractivity contribution in [2.45, 2.75) is 0 Å². The van der Waals surface area contributed by atoms with Gasteiger partial charge in [0.05, 0.1) is 0 Å². The molecule has 0 amide bonds. The van der Waals surface area contributed by atoms with E-state index in [0.29, 0.717) is 0 Å². The summed E-state index contributed by atoms with van der Waals surface area (Å²) in [6, 6.07) is 0. The van der Waals surface area contributed by atoms with Gasteiger partial charge in [0.1, 0.15) is 0 Å². The Morgan fingerprint density at radius 3 is 1.00 bits per heavy atom. The Bertz CT molecular complexity index is 9.61. The summed E-state index contributed by atoms with van der Waals surface area (Å²) in [6.07, 6.45) is 0. The van der Waals surface area contributed by atoms with Crippen LogP contribution in [0.4, 0.5) is 0 Å². The maximum Gasteiger partial charge on any atom is 1.00 e. The molecule has 0 heterocycles. The Morgan fingerprint density at radius 2 is 1.00 bits per heavy atom. The molecule has 0 spiro atoms. The topological polar surface area (TPSA) is 63.0 Å². The Labute approximate surface area is 73.5 Å². The summed E-state index contributed by atoms with van der Waals surface area (Å²) < 4.78 is 0. The van der Waals surface area contributed by atoms with Crippen LogP contribution in [-0.4, -0.2) is 21.9 Å². The van der Waals surface area contributed by atoms with Crippen LogP contribution in [0.3, 0.4) is 0 Å². The minimum atomic E-state index is 0. The van der Waals surface area contributed by atoms with E-state index in [1.807, 2.05) is 0 Å². The Morgan fingerprint density at radius 1 is 1.00 bits per heavy atom. The molecule has 2 nitrogen and oxygen atoms in total. The molecule has 4 heteroatoms. The van der Waals surface area contributed by atoms with Gasteiger partial charge in [-0.15, -0.1) is 0 Å². The molecule has 0 aromatic heterocycles. The number of hydrogen-bond acceptors (Lipinski definition) is 0. The first-order chi connectivity index (χ1) is 0. The summed E-state index contributed by atoms with van der Waals surface area (Å²) in [5.74, 6) is 0. The van der Waals surface area contributed by atoms with Crippen molar-refractivity contribution in [3.05, 3.63) is 0 Å². The largest absolute Gasteiger partial charge is 1.00 e. The van der Waals surface area contributed by atoms with E-state index in [9.17, 15) is 0 Å². The van der Waals surface area contributed by atoms with Gasteiger partial charge in [-0.05, 0) is 11.0 Å². The average molecular weight is 108 g/mol. The predicted molar refractivity (Wildman–Crippen MR) is 19.7 cm³/mol. The smallest absolute Gasteiger partial charge is 1.00 e. The summed E-state index contributed by atoms with van der Waals surface area (Å²) in [5, 5.41) is 0. The predicted octanol–water partition coefficient (Wildman–Crippen LogP) is -5.98. The van der Waals surface area contributed by atoms with Crippen LogP contribution in [0.15, 0.2) is 0 Å². The molecule has 26 valence electrons. The van der Waals surface area contributed by atoms with E-state index < -0.39 is 0 Å². The van der Waals surface area contributed by atoms with E-state index in [0.717, 1.165) is 0 Å². The Kier molecular flexibility index (Phi) is 226. The van der Waals surface area contributed by atoms with E-state index in [1.54, 1.807) is 0 Å². The van der Waals surface area contributed by atoms with Crippen molar-refractivity contribution in [3.8, 4) is 0 Å². The van der Waals surface area contributed by atoms with Gasteiger partial charge in [0.25, 0.3) is 0 Å². The van der Waals surface area contributed by atoms with Crippen LogP contribution in [-0.2, 0) is 0 Å². The van der Waals surface area contributed by atoms with E-state index in [1.165, 1.54) is 0 Å². The zero-order valence-electron chi connectivity index (χ0n) is 3.00. The second-order valence-corrected chi connectivity index (χ2v) is 0. The number of hydrogen-bond donors (Lipinski definition) is 0. The van der Waals surface area contributed by atoms with Crippen molar-refractivity contribution < 1.29 is 63.8 Å².